The molecule has 0 aliphatic carbocycles. The summed E-state index contributed by atoms with van der Waals surface area (Å²) in [6.45, 7) is 7.72. The molecular weight excluding hydrogens is 384 g/mol. The molecule has 2 aromatic carbocycles. The molecule has 0 aliphatic rings. The number of carbonyl (C=O) groups is 1. The molecule has 1 aromatic heterocycles. The lowest BCUT2D eigenvalue weighted by Gasteiger charge is -2.11. The minimum atomic E-state index is -0.896. The SMILES string of the molecule is CCc1ccc(CNCc2c(C(=O)O)c(C)n(Cc3ccccc3Cl)c2C)cc1. The van der Waals surface area contributed by atoms with E-state index in [9.17, 15) is 9.90 Å². The zero-order chi connectivity index (χ0) is 21.0. The van der Waals surface area contributed by atoms with Crippen LogP contribution in [0.3, 0.4) is 0 Å². The third-order valence-electron chi connectivity index (χ3n) is 5.47. The first-order valence-electron chi connectivity index (χ1n) is 9.86. The van der Waals surface area contributed by atoms with Crippen LogP contribution >= 0.6 is 11.6 Å². The number of carboxylic acid groups (broad SMARTS) is 1. The van der Waals surface area contributed by atoms with Crippen molar-refractivity contribution >= 4 is 17.6 Å². The predicted molar refractivity (Wildman–Crippen MR) is 118 cm³/mol. The topological polar surface area (TPSA) is 54.3 Å². The fourth-order valence-electron chi connectivity index (χ4n) is 3.71. The highest BCUT2D eigenvalue weighted by molar-refractivity contribution is 6.31. The smallest absolute Gasteiger partial charge is 0.337 e. The number of rotatable bonds is 8. The van der Waals surface area contributed by atoms with E-state index in [-0.39, 0.29) is 0 Å². The lowest BCUT2D eigenvalue weighted by molar-refractivity contribution is 0.0694. The monoisotopic (exact) mass is 410 g/mol. The lowest BCUT2D eigenvalue weighted by Crippen LogP contribution is -2.15. The number of aromatic nitrogens is 1. The average molecular weight is 411 g/mol. The summed E-state index contributed by atoms with van der Waals surface area (Å²) in [5.74, 6) is -0.896. The molecule has 3 rings (SSSR count). The summed E-state index contributed by atoms with van der Waals surface area (Å²) in [7, 11) is 0. The number of carboxylic acids is 1. The molecule has 0 aliphatic heterocycles. The van der Waals surface area contributed by atoms with Gasteiger partial charge in [-0.15, -0.1) is 0 Å². The van der Waals surface area contributed by atoms with E-state index < -0.39 is 5.97 Å². The summed E-state index contributed by atoms with van der Waals surface area (Å²) >= 11 is 6.32. The van der Waals surface area contributed by atoms with Gasteiger partial charge in [0.2, 0.25) is 0 Å². The Bertz CT molecular complexity index is 1010. The predicted octanol–water partition coefficient (Wildman–Crippen LogP) is 5.36. The van der Waals surface area contributed by atoms with Crippen LogP contribution in [0, 0.1) is 13.8 Å². The summed E-state index contributed by atoms with van der Waals surface area (Å²) < 4.78 is 2.04. The molecule has 0 radical (unpaired) electrons. The normalized spacial score (nSPS) is 11.0. The van der Waals surface area contributed by atoms with Crippen molar-refractivity contribution in [3.05, 3.63) is 92.8 Å². The highest BCUT2D eigenvalue weighted by Crippen LogP contribution is 2.26. The summed E-state index contributed by atoms with van der Waals surface area (Å²) in [5.41, 5.74) is 6.38. The Balaban J connectivity index is 1.81. The Labute approximate surface area is 177 Å². The number of hydrogen-bond donors (Lipinski definition) is 2. The quantitative estimate of drug-likeness (QED) is 0.525. The molecule has 29 heavy (non-hydrogen) atoms. The lowest BCUT2D eigenvalue weighted by atomic mass is 10.1. The van der Waals surface area contributed by atoms with Crippen molar-refractivity contribution in [1.82, 2.24) is 9.88 Å². The van der Waals surface area contributed by atoms with Gasteiger partial charge in [-0.05, 0) is 43.0 Å². The summed E-state index contributed by atoms with van der Waals surface area (Å²) in [5, 5.41) is 13.9. The molecule has 152 valence electrons. The Morgan fingerprint density at radius 1 is 1.00 bits per heavy atom. The van der Waals surface area contributed by atoms with Crippen LogP contribution in [0.4, 0.5) is 0 Å². The Kier molecular flexibility index (Phi) is 6.78. The van der Waals surface area contributed by atoms with Gasteiger partial charge in [-0.2, -0.15) is 0 Å². The fraction of sp³-hybridized carbons (Fsp3) is 0.292. The van der Waals surface area contributed by atoms with E-state index in [1.54, 1.807) is 0 Å². The molecule has 0 unspecified atom stereocenters. The first kappa shape index (κ1) is 21.2. The Morgan fingerprint density at radius 3 is 2.28 bits per heavy atom. The number of aromatic carboxylic acids is 1. The largest absolute Gasteiger partial charge is 0.478 e. The first-order valence-corrected chi connectivity index (χ1v) is 10.2. The molecule has 0 saturated carbocycles. The van der Waals surface area contributed by atoms with E-state index in [2.05, 4.69) is 36.5 Å². The minimum Gasteiger partial charge on any atom is -0.478 e. The van der Waals surface area contributed by atoms with Gasteiger partial charge in [0.05, 0.1) is 5.56 Å². The molecule has 2 N–H and O–H groups in total. The standard InChI is InChI=1S/C24H27ClN2O2/c1-4-18-9-11-19(12-10-18)13-26-14-21-16(2)27(17(3)23(21)24(28)29)15-20-7-5-6-8-22(20)25/h5-12,26H,4,13-15H2,1-3H3,(H,28,29). The number of nitrogens with zero attached hydrogens (tertiary/aromatic N) is 1. The van der Waals surface area contributed by atoms with Crippen LogP contribution in [0.15, 0.2) is 48.5 Å². The maximum absolute atomic E-state index is 12.0. The fourth-order valence-corrected chi connectivity index (χ4v) is 3.90. The number of aryl methyl sites for hydroxylation is 1. The third-order valence-corrected chi connectivity index (χ3v) is 5.84. The molecule has 0 spiro atoms. The van der Waals surface area contributed by atoms with Crippen molar-refractivity contribution in [1.29, 1.82) is 0 Å². The zero-order valence-corrected chi connectivity index (χ0v) is 17.9. The van der Waals surface area contributed by atoms with Crippen LogP contribution in [-0.4, -0.2) is 15.6 Å². The average Bonchev–Trinajstić information content (AvgIpc) is 2.94. The Hall–Kier alpha value is -2.56. The maximum Gasteiger partial charge on any atom is 0.337 e. The molecule has 0 fully saturated rings. The van der Waals surface area contributed by atoms with Crippen LogP contribution in [0.25, 0.3) is 0 Å². The van der Waals surface area contributed by atoms with Gasteiger partial charge in [-0.25, -0.2) is 4.79 Å². The summed E-state index contributed by atoms with van der Waals surface area (Å²) in [6, 6.07) is 16.2. The van der Waals surface area contributed by atoms with Crippen LogP contribution in [0.5, 0.6) is 0 Å². The second-order valence-corrected chi connectivity index (χ2v) is 7.69. The van der Waals surface area contributed by atoms with Crippen LogP contribution in [0.2, 0.25) is 5.02 Å². The molecule has 3 aromatic rings. The summed E-state index contributed by atoms with van der Waals surface area (Å²) in [6.07, 6.45) is 1.02. The van der Waals surface area contributed by atoms with Crippen molar-refractivity contribution < 1.29 is 9.90 Å². The van der Waals surface area contributed by atoms with Crippen molar-refractivity contribution in [3.63, 3.8) is 0 Å². The molecule has 1 heterocycles. The van der Waals surface area contributed by atoms with E-state index in [4.69, 9.17) is 11.6 Å². The molecule has 0 atom stereocenters. The molecule has 0 amide bonds. The molecule has 5 heteroatoms. The third kappa shape index (κ3) is 4.72. The van der Waals surface area contributed by atoms with Crippen molar-refractivity contribution in [2.75, 3.05) is 0 Å². The van der Waals surface area contributed by atoms with E-state index >= 15 is 0 Å². The van der Waals surface area contributed by atoms with E-state index in [0.717, 1.165) is 28.9 Å². The van der Waals surface area contributed by atoms with E-state index in [0.29, 0.717) is 30.2 Å². The highest BCUT2D eigenvalue weighted by Gasteiger charge is 2.22. The van der Waals surface area contributed by atoms with Gasteiger partial charge in [0.25, 0.3) is 0 Å². The second kappa shape index (κ2) is 9.29. The molecule has 4 nitrogen and oxygen atoms in total. The van der Waals surface area contributed by atoms with Crippen LogP contribution in [0.1, 0.15) is 50.9 Å². The van der Waals surface area contributed by atoms with Gasteiger partial charge in [0.1, 0.15) is 0 Å². The highest BCUT2D eigenvalue weighted by atomic mass is 35.5. The van der Waals surface area contributed by atoms with Crippen molar-refractivity contribution in [3.8, 4) is 0 Å². The van der Waals surface area contributed by atoms with E-state index in [1.165, 1.54) is 11.1 Å². The molecular formula is C24H27ClN2O2. The van der Waals surface area contributed by atoms with Gasteiger partial charge < -0.3 is 15.0 Å². The molecule has 0 saturated heterocycles. The molecule has 0 bridgehead atoms. The van der Waals surface area contributed by atoms with Gasteiger partial charge >= 0.3 is 5.97 Å². The van der Waals surface area contributed by atoms with Crippen LogP contribution in [-0.2, 0) is 26.1 Å². The van der Waals surface area contributed by atoms with Gasteiger partial charge in [0.15, 0.2) is 0 Å². The Morgan fingerprint density at radius 2 is 1.66 bits per heavy atom. The number of benzene rings is 2. The van der Waals surface area contributed by atoms with Crippen molar-refractivity contribution in [2.24, 2.45) is 0 Å². The summed E-state index contributed by atoms with van der Waals surface area (Å²) in [4.78, 5) is 12.0. The minimum absolute atomic E-state index is 0.378. The van der Waals surface area contributed by atoms with Crippen molar-refractivity contribution in [2.45, 2.75) is 46.8 Å². The zero-order valence-electron chi connectivity index (χ0n) is 17.1. The van der Waals surface area contributed by atoms with Gasteiger partial charge in [-0.1, -0.05) is 61.0 Å². The first-order chi connectivity index (χ1) is 13.9. The number of nitrogens with one attached hydrogen (secondary N) is 1. The van der Waals surface area contributed by atoms with Gasteiger partial charge in [-0.3, -0.25) is 0 Å². The van der Waals surface area contributed by atoms with E-state index in [1.807, 2.05) is 42.7 Å². The number of hydrogen-bond acceptors (Lipinski definition) is 2. The van der Waals surface area contributed by atoms with Crippen LogP contribution < -0.4 is 5.32 Å². The maximum atomic E-state index is 12.0. The number of halogens is 1. The van der Waals surface area contributed by atoms with Gasteiger partial charge in [0, 0.05) is 41.6 Å². The second-order valence-electron chi connectivity index (χ2n) is 7.28.